The number of carbonyl (C=O) groups excluding carboxylic acids is 1. The van der Waals surface area contributed by atoms with Gasteiger partial charge in [0.15, 0.2) is 0 Å². The number of aromatic nitrogens is 2. The molecule has 0 atom stereocenters. The monoisotopic (exact) mass is 406 g/mol. The minimum atomic E-state index is -2.58. The van der Waals surface area contributed by atoms with Gasteiger partial charge in [-0.05, 0) is 37.1 Å². The van der Waals surface area contributed by atoms with Gasteiger partial charge in [0.1, 0.15) is 5.69 Å². The summed E-state index contributed by atoms with van der Waals surface area (Å²) in [4.78, 5) is 24.8. The van der Waals surface area contributed by atoms with E-state index in [2.05, 4.69) is 9.97 Å². The average molecular weight is 407 g/mol. The third kappa shape index (κ3) is 3.43. The first-order valence-corrected chi connectivity index (χ1v) is 9.62. The number of amides is 1. The molecule has 2 aliphatic heterocycles. The van der Waals surface area contributed by atoms with E-state index in [9.17, 15) is 13.6 Å². The molecule has 1 amide bonds. The van der Waals surface area contributed by atoms with Crippen LogP contribution in [0.4, 0.5) is 14.5 Å². The van der Waals surface area contributed by atoms with Gasteiger partial charge in [0, 0.05) is 43.9 Å². The number of nitrogens with zero attached hydrogens (tertiary/aromatic N) is 4. The molecule has 0 aliphatic carbocycles. The van der Waals surface area contributed by atoms with Gasteiger partial charge < -0.3 is 9.80 Å². The van der Waals surface area contributed by atoms with Crippen LogP contribution in [0.5, 0.6) is 0 Å². The number of aryl methyl sites for hydroxylation is 1. The van der Waals surface area contributed by atoms with Gasteiger partial charge in [-0.1, -0.05) is 11.6 Å². The van der Waals surface area contributed by atoms with Crippen LogP contribution in [0.25, 0.3) is 0 Å². The Morgan fingerprint density at radius 2 is 2.07 bits per heavy atom. The average Bonchev–Trinajstić information content (AvgIpc) is 3.06. The zero-order chi connectivity index (χ0) is 20.0. The highest BCUT2D eigenvalue weighted by Crippen LogP contribution is 2.33. The molecule has 0 saturated carbocycles. The molecule has 5 nitrogen and oxygen atoms in total. The van der Waals surface area contributed by atoms with Crippen molar-refractivity contribution >= 4 is 23.2 Å². The van der Waals surface area contributed by atoms with Crippen LogP contribution in [0.1, 0.15) is 41.1 Å². The molecule has 2 aromatic heterocycles. The quantitative estimate of drug-likeness (QED) is 0.768. The lowest BCUT2D eigenvalue weighted by molar-refractivity contribution is -0.133. The summed E-state index contributed by atoms with van der Waals surface area (Å²) < 4.78 is 25.6. The molecule has 0 N–H and O–H groups in total. The molecule has 0 unspecified atom stereocenters. The van der Waals surface area contributed by atoms with Gasteiger partial charge in [0.2, 0.25) is 5.91 Å². The van der Waals surface area contributed by atoms with Crippen molar-refractivity contribution in [2.24, 2.45) is 5.92 Å². The van der Waals surface area contributed by atoms with Crippen LogP contribution in [-0.2, 0) is 17.9 Å². The maximum atomic E-state index is 12.8. The van der Waals surface area contributed by atoms with Gasteiger partial charge in [-0.2, -0.15) is 0 Å². The molecule has 2 aliphatic rings. The molecule has 0 aromatic carbocycles. The molecule has 148 valence electrons. The molecule has 28 heavy (non-hydrogen) atoms. The summed E-state index contributed by atoms with van der Waals surface area (Å²) in [5.41, 5.74) is 4.29. The second kappa shape index (κ2) is 7.28. The van der Waals surface area contributed by atoms with E-state index in [-0.39, 0.29) is 17.5 Å². The van der Waals surface area contributed by atoms with Crippen molar-refractivity contribution in [3.05, 3.63) is 51.6 Å². The summed E-state index contributed by atoms with van der Waals surface area (Å²) in [6, 6.07) is 3.14. The third-order valence-corrected chi connectivity index (χ3v) is 6.12. The molecule has 1 saturated heterocycles. The first-order chi connectivity index (χ1) is 13.3. The molecule has 0 radical (unpaired) electrons. The summed E-state index contributed by atoms with van der Waals surface area (Å²) in [6.07, 6.45) is -0.730. The normalized spacial score (nSPS) is 16.5. The fraction of sp³-hybridized carbons (Fsp3) is 0.450. The third-order valence-electron chi connectivity index (χ3n) is 5.57. The van der Waals surface area contributed by atoms with E-state index in [0.717, 1.165) is 28.2 Å². The summed E-state index contributed by atoms with van der Waals surface area (Å²) in [5.74, 6) is 0.317. The minimum absolute atomic E-state index is 0.0961. The van der Waals surface area contributed by atoms with Gasteiger partial charge >= 0.3 is 0 Å². The lowest BCUT2D eigenvalue weighted by atomic mass is 9.95. The zero-order valence-corrected chi connectivity index (χ0v) is 16.5. The molecule has 4 heterocycles. The molecule has 4 rings (SSSR count). The van der Waals surface area contributed by atoms with Crippen LogP contribution in [0, 0.1) is 19.8 Å². The highest BCUT2D eigenvalue weighted by atomic mass is 35.5. The fourth-order valence-corrected chi connectivity index (χ4v) is 4.08. The van der Waals surface area contributed by atoms with Crippen LogP contribution in [0.2, 0.25) is 5.02 Å². The summed E-state index contributed by atoms with van der Waals surface area (Å²) in [5, 5.41) is 0.670. The Balaban J connectivity index is 1.34. The lowest BCUT2D eigenvalue weighted by Crippen LogP contribution is -2.48. The maximum Gasteiger partial charge on any atom is 0.280 e. The van der Waals surface area contributed by atoms with E-state index in [1.54, 1.807) is 6.07 Å². The number of alkyl halides is 2. The molecule has 0 spiro atoms. The van der Waals surface area contributed by atoms with E-state index in [0.29, 0.717) is 37.6 Å². The fourth-order valence-electron chi connectivity index (χ4n) is 3.92. The van der Waals surface area contributed by atoms with Crippen molar-refractivity contribution in [3.63, 3.8) is 0 Å². The van der Waals surface area contributed by atoms with Gasteiger partial charge in [-0.15, -0.1) is 0 Å². The van der Waals surface area contributed by atoms with Crippen molar-refractivity contribution in [2.75, 3.05) is 18.0 Å². The first-order valence-electron chi connectivity index (χ1n) is 9.24. The largest absolute Gasteiger partial charge is 0.371 e. The standard InChI is InChI=1S/C20H21ClF2N4O/c1-11-15-9-27(10-17(15)25-12(2)19(11)21)18(28)5-13-7-26(8-13)14-3-4-24-16(6-14)20(22)23/h3-4,6,13,20H,5,7-10H2,1-2H3. The number of hydrogen-bond acceptors (Lipinski definition) is 4. The molecule has 0 bridgehead atoms. The zero-order valence-electron chi connectivity index (χ0n) is 15.8. The Hall–Kier alpha value is -2.28. The Morgan fingerprint density at radius 3 is 2.79 bits per heavy atom. The van der Waals surface area contributed by atoms with Crippen LogP contribution < -0.4 is 4.90 Å². The van der Waals surface area contributed by atoms with Gasteiger partial charge in [-0.3, -0.25) is 14.8 Å². The molecule has 1 fully saturated rings. The van der Waals surface area contributed by atoms with Crippen molar-refractivity contribution in [3.8, 4) is 0 Å². The second-order valence-corrected chi connectivity index (χ2v) is 7.90. The van der Waals surface area contributed by atoms with E-state index >= 15 is 0 Å². The number of fused-ring (bicyclic) bond motifs is 1. The Morgan fingerprint density at radius 1 is 1.32 bits per heavy atom. The number of halogens is 3. The van der Waals surface area contributed by atoms with Crippen molar-refractivity contribution in [2.45, 2.75) is 39.8 Å². The molecule has 2 aromatic rings. The maximum absolute atomic E-state index is 12.8. The number of hydrogen-bond donors (Lipinski definition) is 0. The topological polar surface area (TPSA) is 49.3 Å². The highest BCUT2D eigenvalue weighted by molar-refractivity contribution is 6.32. The number of anilines is 1. The van der Waals surface area contributed by atoms with Crippen molar-refractivity contribution in [1.29, 1.82) is 0 Å². The lowest BCUT2D eigenvalue weighted by Gasteiger charge is -2.41. The second-order valence-electron chi connectivity index (χ2n) is 7.53. The van der Waals surface area contributed by atoms with E-state index in [4.69, 9.17) is 11.6 Å². The minimum Gasteiger partial charge on any atom is -0.371 e. The molecular weight excluding hydrogens is 386 g/mol. The Bertz CT molecular complexity index is 931. The number of pyridine rings is 2. The summed E-state index contributed by atoms with van der Waals surface area (Å²) in [7, 11) is 0. The SMILES string of the molecule is Cc1nc2c(c(C)c1Cl)CN(C(=O)CC1CN(c3ccnc(C(F)F)c3)C1)C2. The Labute approximate surface area is 167 Å². The van der Waals surface area contributed by atoms with Crippen LogP contribution in [-0.4, -0.2) is 33.9 Å². The van der Waals surface area contributed by atoms with Crippen LogP contribution >= 0.6 is 11.6 Å². The van der Waals surface area contributed by atoms with Gasteiger partial charge in [0.25, 0.3) is 6.43 Å². The van der Waals surface area contributed by atoms with Gasteiger partial charge in [0.05, 0.1) is 23.0 Å². The van der Waals surface area contributed by atoms with Crippen molar-refractivity contribution < 1.29 is 13.6 Å². The first kappa shape index (κ1) is 19.1. The van der Waals surface area contributed by atoms with E-state index < -0.39 is 6.43 Å². The van der Waals surface area contributed by atoms with Gasteiger partial charge in [-0.25, -0.2) is 8.78 Å². The van der Waals surface area contributed by atoms with Crippen molar-refractivity contribution in [1.82, 2.24) is 14.9 Å². The van der Waals surface area contributed by atoms with E-state index in [1.807, 2.05) is 23.6 Å². The van der Waals surface area contributed by atoms with Crippen LogP contribution in [0.3, 0.4) is 0 Å². The Kier molecular flexibility index (Phi) is 4.95. The smallest absolute Gasteiger partial charge is 0.280 e. The highest BCUT2D eigenvalue weighted by Gasteiger charge is 2.33. The summed E-state index contributed by atoms with van der Waals surface area (Å²) in [6.45, 7) is 6.28. The van der Waals surface area contributed by atoms with Crippen LogP contribution in [0.15, 0.2) is 18.3 Å². The number of carbonyl (C=O) groups is 1. The summed E-state index contributed by atoms with van der Waals surface area (Å²) >= 11 is 6.29. The molecule has 8 heteroatoms. The molecular formula is C20H21ClF2N4O. The predicted molar refractivity (Wildman–Crippen MR) is 102 cm³/mol. The number of rotatable bonds is 4. The predicted octanol–water partition coefficient (Wildman–Crippen LogP) is 4.05. The van der Waals surface area contributed by atoms with E-state index in [1.165, 1.54) is 12.3 Å².